The summed E-state index contributed by atoms with van der Waals surface area (Å²) in [5.74, 6) is -0.647. The summed E-state index contributed by atoms with van der Waals surface area (Å²) < 4.78 is 26.2. The Kier molecular flexibility index (Phi) is 8.13. The van der Waals surface area contributed by atoms with E-state index in [4.69, 9.17) is 0 Å². The minimum Gasteiger partial charge on any atom is -0.352 e. The van der Waals surface area contributed by atoms with Crippen LogP contribution in [-0.2, 0) is 26.2 Å². The third-order valence-corrected chi connectivity index (χ3v) is 7.21. The van der Waals surface area contributed by atoms with E-state index >= 15 is 0 Å². The minimum absolute atomic E-state index is 0.133. The van der Waals surface area contributed by atoms with Crippen molar-refractivity contribution in [3.63, 3.8) is 0 Å². The molecule has 3 rings (SSSR count). The lowest BCUT2D eigenvalue weighted by Gasteiger charge is -2.32. The molecule has 0 aromatic heterocycles. The van der Waals surface area contributed by atoms with Crippen molar-refractivity contribution in [1.82, 2.24) is 10.2 Å². The highest BCUT2D eigenvalue weighted by Gasteiger charge is 2.31. The molecular weight excluding hydrogens is 438 g/mol. The van der Waals surface area contributed by atoms with Gasteiger partial charge in [0.15, 0.2) is 0 Å². The molecule has 1 fully saturated rings. The van der Waals surface area contributed by atoms with Crippen LogP contribution >= 0.6 is 0 Å². The smallest absolute Gasteiger partial charge is 0.244 e. The maximum absolute atomic E-state index is 13.5. The van der Waals surface area contributed by atoms with Gasteiger partial charge in [-0.2, -0.15) is 0 Å². The van der Waals surface area contributed by atoms with Crippen LogP contribution in [0, 0.1) is 6.92 Å². The van der Waals surface area contributed by atoms with Crippen molar-refractivity contribution >= 4 is 27.5 Å². The number of anilines is 1. The maximum atomic E-state index is 13.5. The van der Waals surface area contributed by atoms with Gasteiger partial charge < -0.3 is 10.2 Å². The van der Waals surface area contributed by atoms with E-state index in [1.165, 1.54) is 4.90 Å². The molecule has 2 amide bonds. The van der Waals surface area contributed by atoms with Crippen LogP contribution in [0.25, 0.3) is 0 Å². The van der Waals surface area contributed by atoms with Gasteiger partial charge >= 0.3 is 0 Å². The van der Waals surface area contributed by atoms with Gasteiger partial charge in [0, 0.05) is 12.6 Å². The molecule has 7 nitrogen and oxygen atoms in total. The van der Waals surface area contributed by atoms with Crippen molar-refractivity contribution in [2.75, 3.05) is 17.1 Å². The molecular formula is C25H33N3O4S. The Hall–Kier alpha value is -2.87. The van der Waals surface area contributed by atoms with E-state index in [-0.39, 0.29) is 25.0 Å². The first-order chi connectivity index (χ1) is 15.6. The SMILES string of the molecule is Cc1ccc(N(CC(=O)N(Cc2ccccc2)C(C)C(=O)NC2CCCC2)S(C)(=O)=O)cc1. The van der Waals surface area contributed by atoms with Crippen molar-refractivity contribution < 1.29 is 18.0 Å². The maximum Gasteiger partial charge on any atom is 0.244 e. The summed E-state index contributed by atoms with van der Waals surface area (Å²) in [5, 5.41) is 3.06. The van der Waals surface area contributed by atoms with Gasteiger partial charge in [0.2, 0.25) is 21.8 Å². The molecule has 1 aliphatic rings. The monoisotopic (exact) mass is 471 g/mol. The Morgan fingerprint density at radius 2 is 1.64 bits per heavy atom. The first-order valence-electron chi connectivity index (χ1n) is 11.3. The lowest BCUT2D eigenvalue weighted by Crippen LogP contribution is -2.52. The number of amides is 2. The second-order valence-electron chi connectivity index (χ2n) is 8.78. The highest BCUT2D eigenvalue weighted by Crippen LogP contribution is 2.21. The lowest BCUT2D eigenvalue weighted by molar-refractivity contribution is -0.139. The summed E-state index contributed by atoms with van der Waals surface area (Å²) in [6, 6.07) is 15.8. The summed E-state index contributed by atoms with van der Waals surface area (Å²) in [6.07, 6.45) is 5.15. The van der Waals surface area contributed by atoms with Crippen molar-refractivity contribution in [2.24, 2.45) is 0 Å². The summed E-state index contributed by atoms with van der Waals surface area (Å²) >= 11 is 0. The number of hydrogen-bond donors (Lipinski definition) is 1. The van der Waals surface area contributed by atoms with Crippen LogP contribution in [0.15, 0.2) is 54.6 Å². The topological polar surface area (TPSA) is 86.8 Å². The number of benzene rings is 2. The number of nitrogens with one attached hydrogen (secondary N) is 1. The van der Waals surface area contributed by atoms with Crippen LogP contribution in [0.2, 0.25) is 0 Å². The van der Waals surface area contributed by atoms with Gasteiger partial charge in [-0.1, -0.05) is 60.9 Å². The zero-order valence-electron chi connectivity index (χ0n) is 19.5. The van der Waals surface area contributed by atoms with Crippen LogP contribution in [0.1, 0.15) is 43.7 Å². The average molecular weight is 472 g/mol. The van der Waals surface area contributed by atoms with Crippen molar-refractivity contribution in [3.8, 4) is 0 Å². The van der Waals surface area contributed by atoms with Gasteiger partial charge in [-0.25, -0.2) is 8.42 Å². The number of hydrogen-bond acceptors (Lipinski definition) is 4. The highest BCUT2D eigenvalue weighted by atomic mass is 32.2. The van der Waals surface area contributed by atoms with E-state index in [2.05, 4.69) is 5.32 Å². The molecule has 0 heterocycles. The third-order valence-electron chi connectivity index (χ3n) is 6.07. The van der Waals surface area contributed by atoms with Gasteiger partial charge in [0.25, 0.3) is 0 Å². The molecule has 1 unspecified atom stereocenters. The predicted molar refractivity (Wildman–Crippen MR) is 130 cm³/mol. The van der Waals surface area contributed by atoms with Gasteiger partial charge in [-0.3, -0.25) is 13.9 Å². The van der Waals surface area contributed by atoms with E-state index < -0.39 is 22.0 Å². The molecule has 1 N–H and O–H groups in total. The summed E-state index contributed by atoms with van der Waals surface area (Å²) in [6.45, 7) is 3.44. The number of carbonyl (C=O) groups is 2. The van der Waals surface area contributed by atoms with Crippen LogP contribution < -0.4 is 9.62 Å². The molecule has 1 saturated carbocycles. The first kappa shape index (κ1) is 24.8. The molecule has 0 bridgehead atoms. The van der Waals surface area contributed by atoms with Crippen LogP contribution in [0.5, 0.6) is 0 Å². The van der Waals surface area contributed by atoms with E-state index in [1.807, 2.05) is 37.3 Å². The molecule has 8 heteroatoms. The second kappa shape index (κ2) is 10.8. The predicted octanol–water partition coefficient (Wildman–Crippen LogP) is 3.24. The zero-order valence-corrected chi connectivity index (χ0v) is 20.3. The Morgan fingerprint density at radius 1 is 1.03 bits per heavy atom. The van der Waals surface area contributed by atoms with Crippen LogP contribution in [0.4, 0.5) is 5.69 Å². The summed E-state index contributed by atoms with van der Waals surface area (Å²) in [4.78, 5) is 27.9. The Balaban J connectivity index is 1.84. The van der Waals surface area contributed by atoms with E-state index in [9.17, 15) is 18.0 Å². The Bertz CT molecular complexity index is 1050. The lowest BCUT2D eigenvalue weighted by atomic mass is 10.1. The second-order valence-corrected chi connectivity index (χ2v) is 10.7. The molecule has 2 aromatic carbocycles. The largest absolute Gasteiger partial charge is 0.352 e. The van der Waals surface area contributed by atoms with E-state index in [0.717, 1.165) is 47.4 Å². The van der Waals surface area contributed by atoms with Crippen LogP contribution in [0.3, 0.4) is 0 Å². The minimum atomic E-state index is -3.71. The van der Waals surface area contributed by atoms with Crippen molar-refractivity contribution in [3.05, 3.63) is 65.7 Å². The van der Waals surface area contributed by atoms with E-state index in [1.54, 1.807) is 31.2 Å². The standard InChI is InChI=1S/C25H33N3O4S/c1-19-13-15-23(16-14-19)28(33(3,31)32)18-24(29)27(17-21-9-5-4-6-10-21)20(2)25(30)26-22-11-7-8-12-22/h4-6,9-10,13-16,20,22H,7-8,11-12,17-18H2,1-3H3,(H,26,30). The van der Waals surface area contributed by atoms with Crippen molar-refractivity contribution in [2.45, 2.75) is 58.2 Å². The molecule has 0 aliphatic heterocycles. The van der Waals surface area contributed by atoms with Crippen molar-refractivity contribution in [1.29, 1.82) is 0 Å². The van der Waals surface area contributed by atoms with Gasteiger partial charge in [0.1, 0.15) is 12.6 Å². The van der Waals surface area contributed by atoms with Gasteiger partial charge in [-0.15, -0.1) is 0 Å². The number of nitrogens with zero attached hydrogens (tertiary/aromatic N) is 2. The number of sulfonamides is 1. The number of carbonyl (C=O) groups excluding carboxylic acids is 2. The number of aryl methyl sites for hydroxylation is 1. The summed E-state index contributed by atoms with van der Waals surface area (Å²) in [5.41, 5.74) is 2.27. The average Bonchev–Trinajstić information content (AvgIpc) is 3.29. The fourth-order valence-electron chi connectivity index (χ4n) is 4.08. The fraction of sp³-hybridized carbons (Fsp3) is 0.440. The molecule has 178 valence electrons. The summed E-state index contributed by atoms with van der Waals surface area (Å²) in [7, 11) is -3.71. The molecule has 1 aliphatic carbocycles. The number of rotatable bonds is 9. The third kappa shape index (κ3) is 6.81. The molecule has 1 atom stereocenters. The van der Waals surface area contributed by atoms with Crippen LogP contribution in [-0.4, -0.2) is 50.0 Å². The molecule has 0 radical (unpaired) electrons. The van der Waals surface area contributed by atoms with E-state index in [0.29, 0.717) is 5.69 Å². The normalized spacial score (nSPS) is 15.1. The quantitative estimate of drug-likeness (QED) is 0.608. The first-order valence-corrected chi connectivity index (χ1v) is 13.2. The van der Waals surface area contributed by atoms with Gasteiger partial charge in [0.05, 0.1) is 11.9 Å². The Labute approximate surface area is 196 Å². The van der Waals surface area contributed by atoms with Gasteiger partial charge in [-0.05, 0) is 44.4 Å². The zero-order chi connectivity index (χ0) is 24.0. The fourth-order valence-corrected chi connectivity index (χ4v) is 4.93. The molecule has 2 aromatic rings. The molecule has 0 spiro atoms. The molecule has 0 saturated heterocycles. The Morgan fingerprint density at radius 3 is 2.21 bits per heavy atom. The molecule has 33 heavy (non-hydrogen) atoms. The highest BCUT2D eigenvalue weighted by molar-refractivity contribution is 7.92.